The molecule has 0 radical (unpaired) electrons. The third kappa shape index (κ3) is 3.01. The van der Waals surface area contributed by atoms with Gasteiger partial charge in [-0.15, -0.1) is 0 Å². The van der Waals surface area contributed by atoms with Crippen molar-refractivity contribution in [3.63, 3.8) is 0 Å². The Morgan fingerprint density at radius 2 is 2.45 bits per heavy atom. The number of nitrogens with one attached hydrogen (secondary N) is 2. The topological polar surface area (TPSA) is 72.1 Å². The maximum atomic E-state index is 11.7. The van der Waals surface area contributed by atoms with Gasteiger partial charge in [-0.3, -0.25) is 0 Å². The maximum absolute atomic E-state index is 11.7. The predicted octanol–water partition coefficient (Wildman–Crippen LogP) is 1.54. The lowest BCUT2D eigenvalue weighted by Gasteiger charge is -2.23. The summed E-state index contributed by atoms with van der Waals surface area (Å²) < 4.78 is 7.11. The molecule has 6 heteroatoms. The van der Waals surface area contributed by atoms with Gasteiger partial charge in [-0.05, 0) is 18.4 Å². The van der Waals surface area contributed by atoms with Gasteiger partial charge in [-0.1, -0.05) is 0 Å². The van der Waals surface area contributed by atoms with Crippen molar-refractivity contribution in [1.29, 1.82) is 0 Å². The van der Waals surface area contributed by atoms with Gasteiger partial charge in [0.05, 0.1) is 12.5 Å². The van der Waals surface area contributed by atoms with Crippen LogP contribution in [0.2, 0.25) is 0 Å². The molecule has 0 saturated carbocycles. The third-order valence-electron chi connectivity index (χ3n) is 3.62. The Hall–Kier alpha value is -2.24. The zero-order valence-corrected chi connectivity index (χ0v) is 11.2. The monoisotopic (exact) mass is 274 g/mol. The van der Waals surface area contributed by atoms with E-state index in [1.807, 2.05) is 18.5 Å². The molecule has 2 aromatic rings. The fourth-order valence-electron chi connectivity index (χ4n) is 2.48. The van der Waals surface area contributed by atoms with Crippen molar-refractivity contribution in [3.8, 4) is 0 Å². The van der Waals surface area contributed by atoms with Crippen LogP contribution in [-0.2, 0) is 19.5 Å². The molecular weight excluding hydrogens is 256 g/mol. The highest BCUT2D eigenvalue weighted by Gasteiger charge is 2.19. The fraction of sp³-hybridized carbons (Fsp3) is 0.429. The number of imidazole rings is 1. The summed E-state index contributed by atoms with van der Waals surface area (Å²) >= 11 is 0. The number of hydrogen-bond donors (Lipinski definition) is 2. The van der Waals surface area contributed by atoms with E-state index in [9.17, 15) is 4.79 Å². The van der Waals surface area contributed by atoms with Gasteiger partial charge in [-0.25, -0.2) is 9.78 Å². The molecule has 0 aromatic carbocycles. The molecule has 6 nitrogen and oxygen atoms in total. The molecule has 0 bridgehead atoms. The molecule has 3 rings (SSSR count). The minimum atomic E-state index is -0.136. The molecule has 2 N–H and O–H groups in total. The molecule has 0 unspecified atom stereocenters. The largest absolute Gasteiger partial charge is 0.472 e. The van der Waals surface area contributed by atoms with Gasteiger partial charge in [0.15, 0.2) is 0 Å². The second-order valence-electron chi connectivity index (χ2n) is 5.10. The van der Waals surface area contributed by atoms with Crippen molar-refractivity contribution >= 4 is 6.03 Å². The first-order valence-corrected chi connectivity index (χ1v) is 6.84. The van der Waals surface area contributed by atoms with Gasteiger partial charge in [-0.2, -0.15) is 0 Å². The third-order valence-corrected chi connectivity index (χ3v) is 3.62. The minimum Gasteiger partial charge on any atom is -0.472 e. The van der Waals surface area contributed by atoms with E-state index in [1.165, 1.54) is 0 Å². The van der Waals surface area contributed by atoms with Crippen molar-refractivity contribution in [2.45, 2.75) is 25.9 Å². The number of furan rings is 1. The molecule has 2 aromatic heterocycles. The van der Waals surface area contributed by atoms with E-state index in [2.05, 4.69) is 20.2 Å². The molecule has 0 fully saturated rings. The van der Waals surface area contributed by atoms with Crippen molar-refractivity contribution in [2.24, 2.45) is 5.92 Å². The first-order valence-electron chi connectivity index (χ1n) is 6.84. The van der Waals surface area contributed by atoms with Crippen LogP contribution in [-0.4, -0.2) is 22.1 Å². The zero-order valence-electron chi connectivity index (χ0n) is 11.2. The second kappa shape index (κ2) is 5.81. The maximum Gasteiger partial charge on any atom is 0.315 e. The van der Waals surface area contributed by atoms with Crippen LogP contribution in [0.25, 0.3) is 0 Å². The Morgan fingerprint density at radius 1 is 1.50 bits per heavy atom. The lowest BCUT2D eigenvalue weighted by molar-refractivity contribution is 0.236. The van der Waals surface area contributed by atoms with Crippen molar-refractivity contribution < 1.29 is 9.21 Å². The summed E-state index contributed by atoms with van der Waals surface area (Å²) in [5.74, 6) is 1.61. The predicted molar refractivity (Wildman–Crippen MR) is 73.0 cm³/mol. The minimum absolute atomic E-state index is 0.136. The molecule has 1 aliphatic heterocycles. The van der Waals surface area contributed by atoms with E-state index in [1.54, 1.807) is 12.5 Å². The number of carbonyl (C=O) groups excluding carboxylic acids is 1. The smallest absolute Gasteiger partial charge is 0.315 e. The molecule has 1 atom stereocenters. The average Bonchev–Trinajstić information content (AvgIpc) is 3.13. The van der Waals surface area contributed by atoms with E-state index < -0.39 is 0 Å². The number of aryl methyl sites for hydroxylation is 1. The van der Waals surface area contributed by atoms with Crippen LogP contribution < -0.4 is 10.6 Å². The standard InChI is InChI=1S/C14H18N4O2/c19-14(17-8-12-3-6-20-10-12)16-7-11-1-2-13-15-4-5-18(13)9-11/h3-6,10-11H,1-2,7-9H2,(H2,16,17,19)/t11-/m0/s1. The van der Waals surface area contributed by atoms with Gasteiger partial charge < -0.3 is 19.6 Å². The molecule has 20 heavy (non-hydrogen) atoms. The Balaban J connectivity index is 1.40. The SMILES string of the molecule is O=C(NCc1ccoc1)NC[C@@H]1CCc2nccn2C1. The normalized spacial score (nSPS) is 17.5. The average molecular weight is 274 g/mol. The van der Waals surface area contributed by atoms with E-state index in [-0.39, 0.29) is 6.03 Å². The van der Waals surface area contributed by atoms with Crippen molar-refractivity contribution in [3.05, 3.63) is 42.4 Å². The van der Waals surface area contributed by atoms with Gasteiger partial charge >= 0.3 is 6.03 Å². The molecular formula is C14H18N4O2. The molecule has 106 valence electrons. The summed E-state index contributed by atoms with van der Waals surface area (Å²) in [6.45, 7) is 2.10. The Morgan fingerprint density at radius 3 is 3.30 bits per heavy atom. The highest BCUT2D eigenvalue weighted by molar-refractivity contribution is 5.73. The quantitative estimate of drug-likeness (QED) is 0.888. The molecule has 1 aliphatic rings. The Bertz CT molecular complexity index is 562. The van der Waals surface area contributed by atoms with E-state index >= 15 is 0 Å². The van der Waals surface area contributed by atoms with Gasteiger partial charge in [0.2, 0.25) is 0 Å². The second-order valence-corrected chi connectivity index (χ2v) is 5.10. The number of aromatic nitrogens is 2. The van der Waals surface area contributed by atoms with Gasteiger partial charge in [0.1, 0.15) is 5.82 Å². The summed E-state index contributed by atoms with van der Waals surface area (Å²) in [6, 6.07) is 1.70. The molecule has 0 spiro atoms. The summed E-state index contributed by atoms with van der Waals surface area (Å²) in [5, 5.41) is 5.73. The number of amides is 2. The number of rotatable bonds is 4. The Kier molecular flexibility index (Phi) is 3.71. The van der Waals surface area contributed by atoms with Crippen LogP contribution in [0, 0.1) is 5.92 Å². The van der Waals surface area contributed by atoms with Crippen LogP contribution in [0.1, 0.15) is 17.8 Å². The fourth-order valence-corrected chi connectivity index (χ4v) is 2.48. The van der Waals surface area contributed by atoms with E-state index in [4.69, 9.17) is 4.42 Å². The highest BCUT2D eigenvalue weighted by Crippen LogP contribution is 2.17. The Labute approximate surface area is 117 Å². The molecule has 2 amide bonds. The highest BCUT2D eigenvalue weighted by atomic mass is 16.3. The van der Waals surface area contributed by atoms with E-state index in [0.717, 1.165) is 30.8 Å². The van der Waals surface area contributed by atoms with Gasteiger partial charge in [0.25, 0.3) is 0 Å². The van der Waals surface area contributed by atoms with Crippen LogP contribution in [0.15, 0.2) is 35.4 Å². The van der Waals surface area contributed by atoms with Crippen LogP contribution in [0.4, 0.5) is 4.79 Å². The van der Waals surface area contributed by atoms with Crippen LogP contribution >= 0.6 is 0 Å². The summed E-state index contributed by atoms with van der Waals surface area (Å²) in [5.41, 5.74) is 0.959. The van der Waals surface area contributed by atoms with Crippen molar-refractivity contribution in [1.82, 2.24) is 20.2 Å². The number of fused-ring (bicyclic) bond motifs is 1. The molecule has 3 heterocycles. The number of urea groups is 1. The number of carbonyl (C=O) groups is 1. The van der Waals surface area contributed by atoms with Crippen LogP contribution in [0.3, 0.4) is 0 Å². The number of hydrogen-bond acceptors (Lipinski definition) is 3. The number of nitrogens with zero attached hydrogens (tertiary/aromatic N) is 2. The van der Waals surface area contributed by atoms with Crippen molar-refractivity contribution in [2.75, 3.05) is 6.54 Å². The lowest BCUT2D eigenvalue weighted by atomic mass is 9.99. The van der Waals surface area contributed by atoms with Crippen LogP contribution in [0.5, 0.6) is 0 Å². The molecule has 0 aliphatic carbocycles. The molecule has 0 saturated heterocycles. The lowest BCUT2D eigenvalue weighted by Crippen LogP contribution is -2.39. The first-order chi connectivity index (χ1) is 9.81. The summed E-state index contributed by atoms with van der Waals surface area (Å²) in [6.07, 6.45) is 9.11. The van der Waals surface area contributed by atoms with E-state index in [0.29, 0.717) is 19.0 Å². The zero-order chi connectivity index (χ0) is 13.8. The summed E-state index contributed by atoms with van der Waals surface area (Å²) in [4.78, 5) is 16.0. The first kappa shape index (κ1) is 12.8. The van der Waals surface area contributed by atoms with Gasteiger partial charge in [0, 0.05) is 44.0 Å². The summed E-state index contributed by atoms with van der Waals surface area (Å²) in [7, 11) is 0.